The highest BCUT2D eigenvalue weighted by Crippen LogP contribution is 2.23. The molecule has 0 unspecified atom stereocenters. The first-order valence-electron chi connectivity index (χ1n) is 5.42. The summed E-state index contributed by atoms with van der Waals surface area (Å²) in [5.41, 5.74) is 0.428. The van der Waals surface area contributed by atoms with Gasteiger partial charge in [0.15, 0.2) is 0 Å². The Morgan fingerprint density at radius 2 is 2.24 bits per heavy atom. The molecular weight excluding hydrogens is 241 g/mol. The van der Waals surface area contributed by atoms with Crippen molar-refractivity contribution in [1.82, 2.24) is 5.32 Å². The first-order chi connectivity index (χ1) is 8.10. The van der Waals surface area contributed by atoms with Crippen molar-refractivity contribution in [2.75, 3.05) is 7.11 Å². The van der Waals surface area contributed by atoms with Gasteiger partial charge in [0.2, 0.25) is 0 Å². The first-order valence-corrected chi connectivity index (χ1v) is 5.87. The maximum atomic E-state index is 13.0. The number of rotatable bonds is 3. The molecule has 0 heterocycles. The largest absolute Gasteiger partial charge is 0.381 e. The number of amides is 1. The van der Waals surface area contributed by atoms with Gasteiger partial charge in [0.1, 0.15) is 5.82 Å². The molecule has 1 fully saturated rings. The highest BCUT2D eigenvalue weighted by Gasteiger charge is 2.30. The van der Waals surface area contributed by atoms with Crippen LogP contribution in [0.25, 0.3) is 0 Å². The smallest absolute Gasteiger partial charge is 0.251 e. The molecule has 2 rings (SSSR count). The van der Waals surface area contributed by atoms with Crippen molar-refractivity contribution < 1.29 is 13.9 Å². The first kappa shape index (κ1) is 12.4. The van der Waals surface area contributed by atoms with Crippen LogP contribution < -0.4 is 5.32 Å². The van der Waals surface area contributed by atoms with Gasteiger partial charge in [0.05, 0.1) is 6.10 Å². The molecule has 17 heavy (non-hydrogen) atoms. The summed E-state index contributed by atoms with van der Waals surface area (Å²) in [6, 6.07) is 4.29. The van der Waals surface area contributed by atoms with E-state index in [4.69, 9.17) is 4.74 Å². The molecule has 1 aromatic carbocycles. The van der Waals surface area contributed by atoms with Gasteiger partial charge >= 0.3 is 0 Å². The van der Waals surface area contributed by atoms with Crippen molar-refractivity contribution in [2.24, 2.45) is 0 Å². The summed E-state index contributed by atoms with van der Waals surface area (Å²) in [7, 11) is 1.66. The third-order valence-electron chi connectivity index (χ3n) is 2.97. The number of hydrogen-bond donors (Lipinski definition) is 2. The molecule has 0 atom stereocenters. The van der Waals surface area contributed by atoms with E-state index in [1.54, 1.807) is 7.11 Å². The number of thiol groups is 1. The van der Waals surface area contributed by atoms with Gasteiger partial charge in [-0.2, -0.15) is 0 Å². The average molecular weight is 255 g/mol. The van der Waals surface area contributed by atoms with Crippen molar-refractivity contribution in [3.63, 3.8) is 0 Å². The quantitative estimate of drug-likeness (QED) is 0.811. The van der Waals surface area contributed by atoms with Crippen molar-refractivity contribution in [3.8, 4) is 0 Å². The van der Waals surface area contributed by atoms with Crippen molar-refractivity contribution in [3.05, 3.63) is 29.6 Å². The summed E-state index contributed by atoms with van der Waals surface area (Å²) in [4.78, 5) is 12.0. The topological polar surface area (TPSA) is 38.3 Å². The molecule has 3 nitrogen and oxygen atoms in total. The zero-order valence-corrected chi connectivity index (χ0v) is 10.3. The van der Waals surface area contributed by atoms with Crippen LogP contribution in [-0.4, -0.2) is 25.2 Å². The van der Waals surface area contributed by atoms with Gasteiger partial charge < -0.3 is 10.1 Å². The summed E-state index contributed by atoms with van der Waals surface area (Å²) in [6.45, 7) is 0. The minimum Gasteiger partial charge on any atom is -0.381 e. The van der Waals surface area contributed by atoms with E-state index < -0.39 is 5.82 Å². The van der Waals surface area contributed by atoms with Crippen molar-refractivity contribution >= 4 is 18.5 Å². The second-order valence-electron chi connectivity index (χ2n) is 4.17. The lowest BCUT2D eigenvalue weighted by Gasteiger charge is -2.34. The molecule has 92 valence electrons. The van der Waals surface area contributed by atoms with E-state index in [0.29, 0.717) is 5.56 Å². The number of carbonyl (C=O) groups excluding carboxylic acids is 1. The summed E-state index contributed by atoms with van der Waals surface area (Å²) in [5.74, 6) is -0.618. The van der Waals surface area contributed by atoms with E-state index in [0.717, 1.165) is 12.8 Å². The summed E-state index contributed by atoms with van der Waals surface area (Å²) >= 11 is 3.94. The maximum absolute atomic E-state index is 13.0. The van der Waals surface area contributed by atoms with Gasteiger partial charge in [-0.15, -0.1) is 12.6 Å². The molecule has 1 aliphatic carbocycles. The summed E-state index contributed by atoms with van der Waals surface area (Å²) in [5, 5.41) is 2.87. The van der Waals surface area contributed by atoms with E-state index in [2.05, 4.69) is 17.9 Å². The summed E-state index contributed by atoms with van der Waals surface area (Å²) in [6.07, 6.45) is 1.91. The van der Waals surface area contributed by atoms with E-state index in [1.807, 2.05) is 0 Å². The number of carbonyl (C=O) groups is 1. The average Bonchev–Trinajstić information content (AvgIpc) is 2.26. The minimum absolute atomic E-state index is 0.154. The van der Waals surface area contributed by atoms with Gasteiger partial charge in [0, 0.05) is 23.6 Å². The zero-order valence-electron chi connectivity index (χ0n) is 9.44. The van der Waals surface area contributed by atoms with Crippen molar-refractivity contribution in [1.29, 1.82) is 0 Å². The van der Waals surface area contributed by atoms with Gasteiger partial charge in [-0.05, 0) is 31.0 Å². The zero-order chi connectivity index (χ0) is 12.4. The highest BCUT2D eigenvalue weighted by molar-refractivity contribution is 7.80. The van der Waals surface area contributed by atoms with Crippen LogP contribution in [0.5, 0.6) is 0 Å². The molecule has 0 saturated heterocycles. The Kier molecular flexibility index (Phi) is 3.69. The van der Waals surface area contributed by atoms with E-state index in [1.165, 1.54) is 18.2 Å². The van der Waals surface area contributed by atoms with E-state index >= 15 is 0 Å². The minimum atomic E-state index is -0.423. The fourth-order valence-corrected chi connectivity index (χ4v) is 2.01. The van der Waals surface area contributed by atoms with Crippen LogP contribution in [0.1, 0.15) is 23.2 Å². The predicted molar refractivity (Wildman–Crippen MR) is 64.9 cm³/mol. The van der Waals surface area contributed by atoms with E-state index in [9.17, 15) is 9.18 Å². The van der Waals surface area contributed by atoms with Crippen LogP contribution in [0, 0.1) is 5.82 Å². The molecule has 0 bridgehead atoms. The Labute approximate surface area is 105 Å². The maximum Gasteiger partial charge on any atom is 0.251 e. The molecule has 1 aliphatic rings. The van der Waals surface area contributed by atoms with Crippen LogP contribution in [0.3, 0.4) is 0 Å². The molecule has 1 N–H and O–H groups in total. The fourth-order valence-electron chi connectivity index (χ4n) is 1.80. The predicted octanol–water partition coefficient (Wildman–Crippen LogP) is 2.02. The number of methoxy groups -OCH3 is 1. The monoisotopic (exact) mass is 255 g/mol. The molecule has 0 radical (unpaired) electrons. The standard InChI is InChI=1S/C12H14FNO2S/c1-16-9-5-8(6-9)14-12(15)7-2-3-10(13)11(17)4-7/h2-4,8-9,17H,5-6H2,1H3,(H,14,15). The Morgan fingerprint density at radius 1 is 1.53 bits per heavy atom. The Morgan fingerprint density at radius 3 is 2.82 bits per heavy atom. The van der Waals surface area contributed by atoms with Gasteiger partial charge in [0.25, 0.3) is 5.91 Å². The molecule has 0 spiro atoms. The lowest BCUT2D eigenvalue weighted by Crippen LogP contribution is -2.47. The lowest BCUT2D eigenvalue weighted by atomic mass is 9.89. The molecule has 1 amide bonds. The Hall–Kier alpha value is -1.07. The van der Waals surface area contributed by atoms with Crippen LogP contribution in [0.2, 0.25) is 0 Å². The van der Waals surface area contributed by atoms with Crippen LogP contribution in [0.4, 0.5) is 4.39 Å². The van der Waals surface area contributed by atoms with Gasteiger partial charge in [-0.3, -0.25) is 4.79 Å². The molecular formula is C12H14FNO2S. The fraction of sp³-hybridized carbons (Fsp3) is 0.417. The third-order valence-corrected chi connectivity index (χ3v) is 3.31. The van der Waals surface area contributed by atoms with Crippen LogP contribution in [0.15, 0.2) is 23.1 Å². The third kappa shape index (κ3) is 2.79. The lowest BCUT2D eigenvalue weighted by molar-refractivity contribution is 0.0176. The number of halogens is 1. The number of nitrogens with one attached hydrogen (secondary N) is 1. The van der Waals surface area contributed by atoms with Crippen LogP contribution in [-0.2, 0) is 4.74 Å². The van der Waals surface area contributed by atoms with Crippen molar-refractivity contribution in [2.45, 2.75) is 29.9 Å². The van der Waals surface area contributed by atoms with Crippen LogP contribution >= 0.6 is 12.6 Å². The normalized spacial score (nSPS) is 23.0. The summed E-state index contributed by atoms with van der Waals surface area (Å²) < 4.78 is 18.1. The van der Waals surface area contributed by atoms with Gasteiger partial charge in [-0.1, -0.05) is 0 Å². The molecule has 0 aliphatic heterocycles. The molecule has 1 aromatic rings. The van der Waals surface area contributed by atoms with Gasteiger partial charge in [-0.25, -0.2) is 4.39 Å². The second-order valence-corrected chi connectivity index (χ2v) is 4.65. The Bertz CT molecular complexity index is 433. The number of ether oxygens (including phenoxy) is 1. The number of hydrogen-bond acceptors (Lipinski definition) is 3. The Balaban J connectivity index is 1.94. The molecule has 1 saturated carbocycles. The molecule has 0 aromatic heterocycles. The SMILES string of the molecule is COC1CC(NC(=O)c2ccc(F)c(S)c2)C1. The molecule has 5 heteroatoms. The highest BCUT2D eigenvalue weighted by atomic mass is 32.1. The second kappa shape index (κ2) is 5.06. The number of benzene rings is 1. The van der Waals surface area contributed by atoms with E-state index in [-0.39, 0.29) is 22.9 Å².